The van der Waals surface area contributed by atoms with Crippen molar-refractivity contribution < 1.29 is 14.3 Å². The molecule has 0 aromatic heterocycles. The highest BCUT2D eigenvalue weighted by Gasteiger charge is 2.32. The lowest BCUT2D eigenvalue weighted by molar-refractivity contribution is -0.136. The first-order valence-corrected chi connectivity index (χ1v) is 7.01. The van der Waals surface area contributed by atoms with E-state index in [1.165, 1.54) is 0 Å². The number of ether oxygens (including phenoxy) is 1. The molecule has 0 spiro atoms. The van der Waals surface area contributed by atoms with E-state index in [4.69, 9.17) is 4.74 Å². The van der Waals surface area contributed by atoms with Gasteiger partial charge in [-0.05, 0) is 26.9 Å². The standard InChI is InChI=1S/C13H23N3O3/c1-3-19-13(18)16-8-6-15(7-9-16)12(17)11-4-5-14(2)10-11/h11H,3-10H2,1-2H3. The molecule has 2 aliphatic heterocycles. The number of piperazine rings is 1. The van der Waals surface area contributed by atoms with Crippen LogP contribution in [0.25, 0.3) is 0 Å². The number of carbonyl (C=O) groups is 2. The molecule has 1 unspecified atom stereocenters. The number of hydrogen-bond acceptors (Lipinski definition) is 4. The molecule has 2 aliphatic rings. The average Bonchev–Trinajstić information content (AvgIpc) is 2.85. The predicted octanol–water partition coefficient (Wildman–Crippen LogP) is 0.239. The maximum atomic E-state index is 12.3. The van der Waals surface area contributed by atoms with Crippen LogP contribution < -0.4 is 0 Å². The van der Waals surface area contributed by atoms with Gasteiger partial charge in [0.2, 0.25) is 5.91 Å². The van der Waals surface area contributed by atoms with Crippen LogP contribution >= 0.6 is 0 Å². The maximum Gasteiger partial charge on any atom is 0.409 e. The lowest BCUT2D eigenvalue weighted by Crippen LogP contribution is -2.52. The molecule has 19 heavy (non-hydrogen) atoms. The molecule has 0 N–H and O–H groups in total. The highest BCUT2D eigenvalue weighted by molar-refractivity contribution is 5.79. The van der Waals surface area contributed by atoms with Gasteiger partial charge in [-0.1, -0.05) is 0 Å². The van der Waals surface area contributed by atoms with E-state index in [1.54, 1.807) is 11.8 Å². The van der Waals surface area contributed by atoms with Crippen molar-refractivity contribution in [3.05, 3.63) is 0 Å². The lowest BCUT2D eigenvalue weighted by Gasteiger charge is -2.35. The first kappa shape index (κ1) is 14.1. The Morgan fingerprint density at radius 3 is 2.26 bits per heavy atom. The summed E-state index contributed by atoms with van der Waals surface area (Å²) in [6.45, 7) is 6.45. The third-order valence-electron chi connectivity index (χ3n) is 3.86. The zero-order chi connectivity index (χ0) is 13.8. The van der Waals surface area contributed by atoms with Gasteiger partial charge >= 0.3 is 6.09 Å². The number of carbonyl (C=O) groups excluding carboxylic acids is 2. The van der Waals surface area contributed by atoms with Gasteiger partial charge in [0.15, 0.2) is 0 Å². The maximum absolute atomic E-state index is 12.3. The van der Waals surface area contributed by atoms with Crippen molar-refractivity contribution in [1.82, 2.24) is 14.7 Å². The van der Waals surface area contributed by atoms with Gasteiger partial charge in [0, 0.05) is 32.7 Å². The van der Waals surface area contributed by atoms with E-state index in [1.807, 2.05) is 11.9 Å². The number of amides is 2. The van der Waals surface area contributed by atoms with E-state index in [0.29, 0.717) is 32.8 Å². The van der Waals surface area contributed by atoms with Gasteiger partial charge in [0.1, 0.15) is 0 Å². The van der Waals surface area contributed by atoms with Crippen molar-refractivity contribution in [3.63, 3.8) is 0 Å². The quantitative estimate of drug-likeness (QED) is 0.720. The third-order valence-corrected chi connectivity index (χ3v) is 3.86. The second-order valence-electron chi connectivity index (χ2n) is 5.26. The fourth-order valence-corrected chi connectivity index (χ4v) is 2.72. The molecule has 0 saturated carbocycles. The molecule has 2 amide bonds. The Kier molecular flexibility index (Phi) is 4.63. The Morgan fingerprint density at radius 1 is 1.11 bits per heavy atom. The van der Waals surface area contributed by atoms with Crippen molar-refractivity contribution in [2.45, 2.75) is 13.3 Å². The monoisotopic (exact) mass is 269 g/mol. The van der Waals surface area contributed by atoms with Crippen LogP contribution in [-0.2, 0) is 9.53 Å². The van der Waals surface area contributed by atoms with Crippen molar-refractivity contribution in [2.75, 3.05) is 52.9 Å². The zero-order valence-corrected chi connectivity index (χ0v) is 11.8. The lowest BCUT2D eigenvalue weighted by atomic mass is 10.1. The van der Waals surface area contributed by atoms with Crippen molar-refractivity contribution in [3.8, 4) is 0 Å². The normalized spacial score (nSPS) is 24.6. The molecular weight excluding hydrogens is 246 g/mol. The number of likely N-dealkylation sites (tertiary alicyclic amines) is 1. The summed E-state index contributed by atoms with van der Waals surface area (Å²) in [5, 5.41) is 0. The molecule has 0 aromatic carbocycles. The topological polar surface area (TPSA) is 53.1 Å². The molecule has 2 rings (SSSR count). The Hall–Kier alpha value is -1.30. The smallest absolute Gasteiger partial charge is 0.409 e. The molecule has 0 aliphatic carbocycles. The molecular formula is C13H23N3O3. The van der Waals surface area contributed by atoms with Crippen LogP contribution in [0.15, 0.2) is 0 Å². The van der Waals surface area contributed by atoms with Crippen molar-refractivity contribution in [1.29, 1.82) is 0 Å². The van der Waals surface area contributed by atoms with Crippen LogP contribution in [0.2, 0.25) is 0 Å². The van der Waals surface area contributed by atoms with E-state index in [9.17, 15) is 9.59 Å². The van der Waals surface area contributed by atoms with Crippen LogP contribution in [0.1, 0.15) is 13.3 Å². The Bertz CT molecular complexity index is 340. The molecule has 108 valence electrons. The average molecular weight is 269 g/mol. The van der Waals surface area contributed by atoms with Gasteiger partial charge < -0.3 is 19.4 Å². The summed E-state index contributed by atoms with van der Waals surface area (Å²) in [5.41, 5.74) is 0. The molecule has 0 radical (unpaired) electrons. The summed E-state index contributed by atoms with van der Waals surface area (Å²) >= 11 is 0. The van der Waals surface area contributed by atoms with Gasteiger partial charge in [0.25, 0.3) is 0 Å². The van der Waals surface area contributed by atoms with Crippen LogP contribution in [-0.4, -0.2) is 79.6 Å². The summed E-state index contributed by atoms with van der Waals surface area (Å²) in [5.74, 6) is 0.381. The Labute approximate surface area is 114 Å². The third kappa shape index (κ3) is 3.37. The van der Waals surface area contributed by atoms with Gasteiger partial charge in [0.05, 0.1) is 12.5 Å². The summed E-state index contributed by atoms with van der Waals surface area (Å²) < 4.78 is 4.97. The van der Waals surface area contributed by atoms with Gasteiger partial charge in [-0.3, -0.25) is 4.79 Å². The summed E-state index contributed by atoms with van der Waals surface area (Å²) in [6, 6.07) is 0. The molecule has 0 aromatic rings. The summed E-state index contributed by atoms with van der Waals surface area (Å²) in [7, 11) is 2.05. The van der Waals surface area contributed by atoms with E-state index in [0.717, 1.165) is 19.5 Å². The molecule has 6 nitrogen and oxygen atoms in total. The molecule has 2 fully saturated rings. The number of hydrogen-bond donors (Lipinski definition) is 0. The van der Waals surface area contributed by atoms with Crippen LogP contribution in [0.5, 0.6) is 0 Å². The second-order valence-corrected chi connectivity index (χ2v) is 5.26. The molecule has 2 heterocycles. The molecule has 2 saturated heterocycles. The number of rotatable bonds is 2. The van der Waals surface area contributed by atoms with E-state index in [2.05, 4.69) is 4.90 Å². The summed E-state index contributed by atoms with van der Waals surface area (Å²) in [6.07, 6.45) is 0.683. The van der Waals surface area contributed by atoms with E-state index in [-0.39, 0.29) is 17.9 Å². The summed E-state index contributed by atoms with van der Waals surface area (Å²) in [4.78, 5) is 29.6. The Morgan fingerprint density at radius 2 is 1.74 bits per heavy atom. The van der Waals surface area contributed by atoms with Crippen molar-refractivity contribution >= 4 is 12.0 Å². The molecule has 6 heteroatoms. The minimum Gasteiger partial charge on any atom is -0.450 e. The van der Waals surface area contributed by atoms with Crippen LogP contribution in [0, 0.1) is 5.92 Å². The fourth-order valence-electron chi connectivity index (χ4n) is 2.72. The van der Waals surface area contributed by atoms with Crippen molar-refractivity contribution in [2.24, 2.45) is 5.92 Å². The highest BCUT2D eigenvalue weighted by Crippen LogP contribution is 2.18. The van der Waals surface area contributed by atoms with Gasteiger partial charge in [-0.25, -0.2) is 4.79 Å². The van der Waals surface area contributed by atoms with Crippen LogP contribution in [0.4, 0.5) is 4.79 Å². The Balaban J connectivity index is 1.79. The largest absolute Gasteiger partial charge is 0.450 e. The minimum absolute atomic E-state index is 0.138. The minimum atomic E-state index is -0.268. The highest BCUT2D eigenvalue weighted by atomic mass is 16.6. The van der Waals surface area contributed by atoms with E-state index < -0.39 is 0 Å². The fraction of sp³-hybridized carbons (Fsp3) is 0.846. The van der Waals surface area contributed by atoms with E-state index >= 15 is 0 Å². The second kappa shape index (κ2) is 6.23. The first-order chi connectivity index (χ1) is 9.11. The SMILES string of the molecule is CCOC(=O)N1CCN(C(=O)C2CCN(C)C2)CC1. The predicted molar refractivity (Wildman–Crippen MR) is 70.8 cm³/mol. The molecule has 1 atom stereocenters. The molecule has 0 bridgehead atoms. The first-order valence-electron chi connectivity index (χ1n) is 7.01. The zero-order valence-electron chi connectivity index (χ0n) is 11.8. The number of nitrogens with zero attached hydrogens (tertiary/aromatic N) is 3. The van der Waals surface area contributed by atoms with Gasteiger partial charge in [-0.2, -0.15) is 0 Å². The van der Waals surface area contributed by atoms with Gasteiger partial charge in [-0.15, -0.1) is 0 Å². The van der Waals surface area contributed by atoms with Crippen LogP contribution in [0.3, 0.4) is 0 Å².